The molecule has 0 spiro atoms. The molecule has 1 aliphatic heterocycles. The summed E-state index contributed by atoms with van der Waals surface area (Å²) in [5, 5.41) is 0. The van der Waals surface area contributed by atoms with Gasteiger partial charge in [-0.25, -0.2) is 0 Å². The fourth-order valence-electron chi connectivity index (χ4n) is 1.77. The summed E-state index contributed by atoms with van der Waals surface area (Å²) in [4.78, 5) is 16.1. The first kappa shape index (κ1) is 10.1. The van der Waals surface area contributed by atoms with Gasteiger partial charge < -0.3 is 0 Å². The van der Waals surface area contributed by atoms with Gasteiger partial charge in [0, 0.05) is 24.2 Å². The second kappa shape index (κ2) is 4.39. The van der Waals surface area contributed by atoms with Crippen molar-refractivity contribution >= 4 is 11.5 Å². The molecule has 0 aliphatic carbocycles. The Bertz CT molecular complexity index is 390. The van der Waals surface area contributed by atoms with Crippen LogP contribution in [-0.4, -0.2) is 18.0 Å². The highest BCUT2D eigenvalue weighted by molar-refractivity contribution is 6.10. The Balaban J connectivity index is 2.04. The molecule has 0 aromatic heterocycles. The molecule has 0 radical (unpaired) electrons. The fraction of sp³-hybridized carbons (Fsp3) is 0.385. The number of hydrogen-bond donors (Lipinski definition) is 0. The second-order valence-electron chi connectivity index (χ2n) is 4.02. The standard InChI is InChI=1S/C13H15NO/c1-10-4-6-11(7-5-10)13(15)9-12-3-2-8-14-12/h4-7H,2-3,8-9H2,1H3. The van der Waals surface area contributed by atoms with Crippen molar-refractivity contribution in [2.75, 3.05) is 6.54 Å². The molecule has 15 heavy (non-hydrogen) atoms. The Hall–Kier alpha value is -1.44. The van der Waals surface area contributed by atoms with E-state index in [0.29, 0.717) is 6.42 Å². The minimum absolute atomic E-state index is 0.190. The van der Waals surface area contributed by atoms with E-state index < -0.39 is 0 Å². The Labute approximate surface area is 90.0 Å². The van der Waals surface area contributed by atoms with E-state index in [2.05, 4.69) is 4.99 Å². The van der Waals surface area contributed by atoms with Crippen LogP contribution in [0.3, 0.4) is 0 Å². The van der Waals surface area contributed by atoms with E-state index in [1.54, 1.807) is 0 Å². The number of aryl methyl sites for hydroxylation is 1. The highest BCUT2D eigenvalue weighted by atomic mass is 16.1. The first-order valence-electron chi connectivity index (χ1n) is 5.38. The quantitative estimate of drug-likeness (QED) is 0.691. The van der Waals surface area contributed by atoms with E-state index in [1.165, 1.54) is 5.56 Å². The number of ketones is 1. The maximum Gasteiger partial charge on any atom is 0.168 e. The highest BCUT2D eigenvalue weighted by Crippen LogP contribution is 2.12. The number of rotatable bonds is 3. The number of hydrogen-bond acceptors (Lipinski definition) is 2. The molecular weight excluding hydrogens is 186 g/mol. The van der Waals surface area contributed by atoms with Gasteiger partial charge in [-0.05, 0) is 19.8 Å². The molecule has 0 N–H and O–H groups in total. The van der Waals surface area contributed by atoms with Gasteiger partial charge in [0.1, 0.15) is 0 Å². The lowest BCUT2D eigenvalue weighted by atomic mass is 10.0. The molecule has 0 amide bonds. The zero-order chi connectivity index (χ0) is 10.7. The lowest BCUT2D eigenvalue weighted by Crippen LogP contribution is -2.06. The summed E-state index contributed by atoms with van der Waals surface area (Å²) in [6, 6.07) is 7.74. The van der Waals surface area contributed by atoms with Crippen LogP contribution in [0.5, 0.6) is 0 Å². The van der Waals surface area contributed by atoms with Crippen LogP contribution in [0.4, 0.5) is 0 Å². The number of Topliss-reactive ketones (excluding diaryl/α,β-unsaturated/α-hetero) is 1. The Morgan fingerprint density at radius 2 is 2.07 bits per heavy atom. The molecule has 1 aromatic carbocycles. The van der Waals surface area contributed by atoms with Crippen LogP contribution < -0.4 is 0 Å². The lowest BCUT2D eigenvalue weighted by Gasteiger charge is -2.01. The molecule has 0 saturated carbocycles. The number of aliphatic imine (C=N–C) groups is 1. The van der Waals surface area contributed by atoms with Gasteiger partial charge in [-0.3, -0.25) is 9.79 Å². The first-order valence-corrected chi connectivity index (χ1v) is 5.38. The van der Waals surface area contributed by atoms with Crippen LogP contribution in [0, 0.1) is 6.92 Å². The number of carbonyl (C=O) groups is 1. The lowest BCUT2D eigenvalue weighted by molar-refractivity contribution is 0.100. The molecule has 0 fully saturated rings. The summed E-state index contributed by atoms with van der Waals surface area (Å²) in [5.74, 6) is 0.190. The summed E-state index contributed by atoms with van der Waals surface area (Å²) in [7, 11) is 0. The van der Waals surface area contributed by atoms with Crippen molar-refractivity contribution < 1.29 is 4.79 Å². The third-order valence-electron chi connectivity index (χ3n) is 2.70. The summed E-state index contributed by atoms with van der Waals surface area (Å²) in [6.45, 7) is 2.92. The largest absolute Gasteiger partial charge is 0.294 e. The third kappa shape index (κ3) is 2.52. The van der Waals surface area contributed by atoms with Crippen molar-refractivity contribution in [2.45, 2.75) is 26.2 Å². The van der Waals surface area contributed by atoms with E-state index in [0.717, 1.165) is 30.7 Å². The van der Waals surface area contributed by atoms with Gasteiger partial charge in [0.15, 0.2) is 5.78 Å². The number of nitrogens with zero attached hydrogens (tertiary/aromatic N) is 1. The molecule has 1 heterocycles. The molecule has 2 nitrogen and oxygen atoms in total. The van der Waals surface area contributed by atoms with Crippen molar-refractivity contribution in [1.29, 1.82) is 0 Å². The van der Waals surface area contributed by atoms with Crippen LogP contribution in [0.2, 0.25) is 0 Å². The van der Waals surface area contributed by atoms with E-state index in [1.807, 2.05) is 31.2 Å². The summed E-state index contributed by atoms with van der Waals surface area (Å²) >= 11 is 0. The van der Waals surface area contributed by atoms with Crippen molar-refractivity contribution in [3.63, 3.8) is 0 Å². The van der Waals surface area contributed by atoms with Gasteiger partial charge in [0.05, 0.1) is 0 Å². The molecule has 0 saturated heterocycles. The summed E-state index contributed by atoms with van der Waals surface area (Å²) in [5.41, 5.74) is 3.06. The third-order valence-corrected chi connectivity index (χ3v) is 2.70. The van der Waals surface area contributed by atoms with Gasteiger partial charge in [0.25, 0.3) is 0 Å². The fourth-order valence-corrected chi connectivity index (χ4v) is 1.77. The zero-order valence-corrected chi connectivity index (χ0v) is 8.99. The van der Waals surface area contributed by atoms with E-state index in [4.69, 9.17) is 0 Å². The van der Waals surface area contributed by atoms with Crippen LogP contribution in [0.25, 0.3) is 0 Å². The molecule has 0 atom stereocenters. The topological polar surface area (TPSA) is 29.4 Å². The summed E-state index contributed by atoms with van der Waals surface area (Å²) < 4.78 is 0. The number of benzene rings is 1. The molecule has 1 aromatic rings. The number of carbonyl (C=O) groups excluding carboxylic acids is 1. The highest BCUT2D eigenvalue weighted by Gasteiger charge is 2.12. The smallest absolute Gasteiger partial charge is 0.168 e. The van der Waals surface area contributed by atoms with Crippen LogP contribution >= 0.6 is 0 Å². The van der Waals surface area contributed by atoms with Crippen molar-refractivity contribution in [2.24, 2.45) is 4.99 Å². The average Bonchev–Trinajstić information content (AvgIpc) is 2.71. The maximum atomic E-state index is 11.8. The monoisotopic (exact) mass is 201 g/mol. The maximum absolute atomic E-state index is 11.8. The van der Waals surface area contributed by atoms with Crippen LogP contribution in [-0.2, 0) is 0 Å². The molecule has 78 valence electrons. The Morgan fingerprint density at radius 1 is 1.33 bits per heavy atom. The molecule has 0 bridgehead atoms. The van der Waals surface area contributed by atoms with Gasteiger partial charge >= 0.3 is 0 Å². The van der Waals surface area contributed by atoms with Crippen molar-refractivity contribution in [3.05, 3.63) is 35.4 Å². The molecule has 2 rings (SSSR count). The van der Waals surface area contributed by atoms with E-state index in [-0.39, 0.29) is 5.78 Å². The van der Waals surface area contributed by atoms with E-state index >= 15 is 0 Å². The SMILES string of the molecule is Cc1ccc(C(=O)CC2=NCCC2)cc1. The average molecular weight is 201 g/mol. The predicted molar refractivity (Wildman–Crippen MR) is 61.7 cm³/mol. The van der Waals surface area contributed by atoms with Crippen molar-refractivity contribution in [1.82, 2.24) is 0 Å². The van der Waals surface area contributed by atoms with Crippen LogP contribution in [0.1, 0.15) is 35.2 Å². The minimum Gasteiger partial charge on any atom is -0.294 e. The molecule has 1 aliphatic rings. The molecular formula is C13H15NO. The van der Waals surface area contributed by atoms with Crippen molar-refractivity contribution in [3.8, 4) is 0 Å². The summed E-state index contributed by atoms with van der Waals surface area (Å²) in [6.07, 6.45) is 2.61. The predicted octanol–water partition coefficient (Wildman–Crippen LogP) is 2.80. The zero-order valence-electron chi connectivity index (χ0n) is 8.99. The normalized spacial score (nSPS) is 15.1. The molecule has 0 unspecified atom stereocenters. The van der Waals surface area contributed by atoms with Gasteiger partial charge in [-0.15, -0.1) is 0 Å². The second-order valence-corrected chi connectivity index (χ2v) is 4.02. The molecule has 2 heteroatoms. The van der Waals surface area contributed by atoms with Crippen LogP contribution in [0.15, 0.2) is 29.3 Å². The minimum atomic E-state index is 0.190. The Kier molecular flexibility index (Phi) is 2.95. The van der Waals surface area contributed by atoms with Gasteiger partial charge in [-0.1, -0.05) is 29.8 Å². The van der Waals surface area contributed by atoms with E-state index in [9.17, 15) is 4.79 Å². The Morgan fingerprint density at radius 3 is 2.67 bits per heavy atom. The first-order chi connectivity index (χ1) is 7.25. The van der Waals surface area contributed by atoms with Gasteiger partial charge in [-0.2, -0.15) is 0 Å². The van der Waals surface area contributed by atoms with Gasteiger partial charge in [0.2, 0.25) is 0 Å².